The Balaban J connectivity index is 1.47. The lowest BCUT2D eigenvalue weighted by Gasteiger charge is -2.35. The van der Waals surface area contributed by atoms with Crippen LogP contribution in [0.25, 0.3) is 6.08 Å². The van der Waals surface area contributed by atoms with Crippen LogP contribution in [0.15, 0.2) is 60.7 Å². The summed E-state index contributed by atoms with van der Waals surface area (Å²) in [6.45, 7) is 10.9. The zero-order chi connectivity index (χ0) is 20.0. The molecule has 1 aliphatic heterocycles. The molecule has 0 aliphatic carbocycles. The number of carbonyl (C=O) groups is 1. The van der Waals surface area contributed by atoms with Crippen molar-refractivity contribution in [1.82, 2.24) is 4.90 Å². The van der Waals surface area contributed by atoms with E-state index in [4.69, 9.17) is 0 Å². The number of benzene rings is 2. The summed E-state index contributed by atoms with van der Waals surface area (Å²) in [5.41, 5.74) is 2.94. The molecule has 0 radical (unpaired) electrons. The molecule has 0 spiro atoms. The smallest absolute Gasteiger partial charge is 0.229 e. The molecular formula is C24H31N3O. The van der Waals surface area contributed by atoms with Gasteiger partial charge in [0.1, 0.15) is 0 Å². The van der Waals surface area contributed by atoms with Crippen molar-refractivity contribution in [3.05, 3.63) is 66.2 Å². The maximum Gasteiger partial charge on any atom is 0.229 e. The molecule has 2 aromatic carbocycles. The van der Waals surface area contributed by atoms with Crippen LogP contribution in [0.4, 0.5) is 11.4 Å². The fourth-order valence-corrected chi connectivity index (χ4v) is 3.16. The maximum absolute atomic E-state index is 12.1. The van der Waals surface area contributed by atoms with Gasteiger partial charge in [0.25, 0.3) is 0 Å². The molecule has 4 heteroatoms. The highest BCUT2D eigenvalue weighted by atomic mass is 16.2. The zero-order valence-electron chi connectivity index (χ0n) is 17.2. The minimum Gasteiger partial charge on any atom is -0.369 e. The van der Waals surface area contributed by atoms with Crippen LogP contribution in [-0.2, 0) is 4.79 Å². The van der Waals surface area contributed by atoms with Crippen LogP contribution in [-0.4, -0.2) is 43.5 Å². The number of anilines is 2. The Bertz CT molecular complexity index is 783. The van der Waals surface area contributed by atoms with Gasteiger partial charge in [-0.3, -0.25) is 9.69 Å². The molecule has 1 N–H and O–H groups in total. The van der Waals surface area contributed by atoms with Crippen molar-refractivity contribution in [2.75, 3.05) is 42.9 Å². The molecule has 1 saturated heterocycles. The van der Waals surface area contributed by atoms with Gasteiger partial charge >= 0.3 is 0 Å². The molecule has 0 saturated carbocycles. The molecular weight excluding hydrogens is 346 g/mol. The Hall–Kier alpha value is -2.59. The van der Waals surface area contributed by atoms with Gasteiger partial charge in [-0.25, -0.2) is 0 Å². The molecule has 1 aliphatic rings. The van der Waals surface area contributed by atoms with Crippen LogP contribution in [0.2, 0.25) is 0 Å². The minimum absolute atomic E-state index is 0.0393. The van der Waals surface area contributed by atoms with Crippen LogP contribution in [0.5, 0.6) is 0 Å². The number of nitrogens with zero attached hydrogens (tertiary/aromatic N) is 2. The molecule has 1 heterocycles. The third-order valence-corrected chi connectivity index (χ3v) is 5.02. The lowest BCUT2D eigenvalue weighted by Crippen LogP contribution is -2.46. The fraction of sp³-hybridized carbons (Fsp3) is 0.375. The number of piperazine rings is 1. The quantitative estimate of drug-likeness (QED) is 0.833. The fourth-order valence-electron chi connectivity index (χ4n) is 3.16. The van der Waals surface area contributed by atoms with Gasteiger partial charge in [-0.15, -0.1) is 0 Å². The topological polar surface area (TPSA) is 35.6 Å². The first-order chi connectivity index (χ1) is 13.4. The summed E-state index contributed by atoms with van der Waals surface area (Å²) in [7, 11) is 0. The third-order valence-electron chi connectivity index (χ3n) is 5.02. The molecule has 1 fully saturated rings. The van der Waals surface area contributed by atoms with Gasteiger partial charge in [0.2, 0.25) is 5.91 Å². The van der Waals surface area contributed by atoms with E-state index in [2.05, 4.69) is 63.7 Å². The summed E-state index contributed by atoms with van der Waals surface area (Å²) in [5, 5.41) is 2.98. The van der Waals surface area contributed by atoms with E-state index < -0.39 is 0 Å². The molecule has 2 aromatic rings. The highest BCUT2D eigenvalue weighted by molar-refractivity contribution is 5.94. The first-order valence-corrected chi connectivity index (χ1v) is 10.0. The summed E-state index contributed by atoms with van der Waals surface area (Å²) < 4.78 is 0. The monoisotopic (exact) mass is 377 g/mol. The van der Waals surface area contributed by atoms with Crippen molar-refractivity contribution in [1.29, 1.82) is 0 Å². The van der Waals surface area contributed by atoms with Crippen molar-refractivity contribution >= 4 is 23.4 Å². The number of nitrogens with one attached hydrogen (secondary N) is 1. The third kappa shape index (κ3) is 5.70. The highest BCUT2D eigenvalue weighted by Gasteiger charge is 2.21. The van der Waals surface area contributed by atoms with E-state index >= 15 is 0 Å². The molecule has 0 aromatic heterocycles. The Morgan fingerprint density at radius 1 is 0.964 bits per heavy atom. The number of hydrogen-bond acceptors (Lipinski definition) is 3. The first kappa shape index (κ1) is 20.2. The molecule has 148 valence electrons. The van der Waals surface area contributed by atoms with Crippen molar-refractivity contribution in [2.24, 2.45) is 5.41 Å². The highest BCUT2D eigenvalue weighted by Crippen LogP contribution is 2.22. The molecule has 1 amide bonds. The number of amides is 1. The van der Waals surface area contributed by atoms with Gasteiger partial charge in [0.15, 0.2) is 0 Å². The van der Waals surface area contributed by atoms with E-state index in [0.717, 1.165) is 38.4 Å². The standard InChI is InChI=1S/C24H31N3O/c1-24(2,3)23(28)25-21-11-13-22(14-12-21)27-18-16-26(17-19-27)15-7-10-20-8-5-4-6-9-20/h4-14H,15-19H2,1-3H3,(H,25,28)/b10-7+. The summed E-state index contributed by atoms with van der Waals surface area (Å²) in [6.07, 6.45) is 4.44. The normalized spacial score (nSPS) is 15.8. The molecule has 0 atom stereocenters. The van der Waals surface area contributed by atoms with E-state index in [1.54, 1.807) is 0 Å². The second-order valence-corrected chi connectivity index (χ2v) is 8.35. The summed E-state index contributed by atoms with van der Waals surface area (Å²) in [6, 6.07) is 18.6. The minimum atomic E-state index is -0.385. The van der Waals surface area contributed by atoms with Crippen LogP contribution in [0.3, 0.4) is 0 Å². The number of rotatable bonds is 5. The first-order valence-electron chi connectivity index (χ1n) is 10.0. The predicted octanol–water partition coefficient (Wildman–Crippen LogP) is 4.51. The Labute approximate surface area is 168 Å². The Morgan fingerprint density at radius 2 is 1.61 bits per heavy atom. The van der Waals surface area contributed by atoms with Gasteiger partial charge in [-0.2, -0.15) is 0 Å². The molecule has 28 heavy (non-hydrogen) atoms. The molecule has 0 bridgehead atoms. The van der Waals surface area contributed by atoms with Gasteiger partial charge in [0, 0.05) is 49.5 Å². The summed E-state index contributed by atoms with van der Waals surface area (Å²) in [5.74, 6) is 0.0393. The van der Waals surface area contributed by atoms with Gasteiger partial charge in [-0.05, 0) is 29.8 Å². The SMILES string of the molecule is CC(C)(C)C(=O)Nc1ccc(N2CCN(C/C=C/c3ccccc3)CC2)cc1. The molecule has 4 nitrogen and oxygen atoms in total. The van der Waals surface area contributed by atoms with Crippen LogP contribution < -0.4 is 10.2 Å². The predicted molar refractivity (Wildman–Crippen MR) is 119 cm³/mol. The van der Waals surface area contributed by atoms with E-state index in [1.165, 1.54) is 11.3 Å². The van der Waals surface area contributed by atoms with E-state index in [9.17, 15) is 4.79 Å². The van der Waals surface area contributed by atoms with Crippen LogP contribution in [0.1, 0.15) is 26.3 Å². The van der Waals surface area contributed by atoms with Gasteiger partial charge in [-0.1, -0.05) is 63.3 Å². The van der Waals surface area contributed by atoms with E-state index in [-0.39, 0.29) is 11.3 Å². The average molecular weight is 378 g/mol. The summed E-state index contributed by atoms with van der Waals surface area (Å²) >= 11 is 0. The Morgan fingerprint density at radius 3 is 2.21 bits per heavy atom. The molecule has 3 rings (SSSR count). The second-order valence-electron chi connectivity index (χ2n) is 8.35. The zero-order valence-corrected chi connectivity index (χ0v) is 17.2. The van der Waals surface area contributed by atoms with E-state index in [1.807, 2.05) is 39.0 Å². The lowest BCUT2D eigenvalue weighted by molar-refractivity contribution is -0.123. The second kappa shape index (κ2) is 9.07. The van der Waals surface area contributed by atoms with Gasteiger partial charge in [0.05, 0.1) is 0 Å². The lowest BCUT2D eigenvalue weighted by atomic mass is 9.95. The van der Waals surface area contributed by atoms with Crippen molar-refractivity contribution in [3.8, 4) is 0 Å². The van der Waals surface area contributed by atoms with Crippen LogP contribution in [0, 0.1) is 5.41 Å². The van der Waals surface area contributed by atoms with Gasteiger partial charge < -0.3 is 10.2 Å². The number of carbonyl (C=O) groups excluding carboxylic acids is 1. The van der Waals surface area contributed by atoms with Crippen LogP contribution >= 0.6 is 0 Å². The Kier molecular flexibility index (Phi) is 6.53. The van der Waals surface area contributed by atoms with E-state index in [0.29, 0.717) is 0 Å². The largest absolute Gasteiger partial charge is 0.369 e. The molecule has 0 unspecified atom stereocenters. The van der Waals surface area contributed by atoms with Crippen molar-refractivity contribution in [2.45, 2.75) is 20.8 Å². The average Bonchev–Trinajstić information content (AvgIpc) is 2.69. The maximum atomic E-state index is 12.1. The summed E-state index contributed by atoms with van der Waals surface area (Å²) in [4.78, 5) is 17.0. The van der Waals surface area contributed by atoms with Crippen molar-refractivity contribution in [3.63, 3.8) is 0 Å². The number of hydrogen-bond donors (Lipinski definition) is 1. The van der Waals surface area contributed by atoms with Crippen molar-refractivity contribution < 1.29 is 4.79 Å².